The van der Waals surface area contributed by atoms with Crippen LogP contribution in [0.3, 0.4) is 0 Å². The van der Waals surface area contributed by atoms with Gasteiger partial charge in [0.2, 0.25) is 5.78 Å². The Morgan fingerprint density at radius 2 is 2.00 bits per heavy atom. The van der Waals surface area contributed by atoms with Crippen molar-refractivity contribution >= 4 is 28.1 Å². The number of likely N-dealkylation sites (tertiary alicyclic amines) is 1. The minimum Gasteiger partial charge on any atom is -0.454 e. The molecule has 7 heteroatoms. The second kappa shape index (κ2) is 7.34. The Morgan fingerprint density at radius 3 is 2.87 bits per heavy atom. The predicted molar refractivity (Wildman–Crippen MR) is 118 cm³/mol. The molecule has 0 aliphatic carbocycles. The molecule has 6 rings (SSSR count). The molecular weight excluding hydrogens is 394 g/mol. The minimum atomic E-state index is 0.520. The van der Waals surface area contributed by atoms with Crippen molar-refractivity contribution in [2.24, 2.45) is 0 Å². The first-order valence-electron chi connectivity index (χ1n) is 10.3. The van der Waals surface area contributed by atoms with E-state index in [0.717, 1.165) is 66.4 Å². The highest BCUT2D eigenvalue weighted by atomic mass is 32.1. The van der Waals surface area contributed by atoms with Crippen molar-refractivity contribution in [3.63, 3.8) is 0 Å². The molecule has 0 radical (unpaired) electrons. The Balaban J connectivity index is 1.12. The van der Waals surface area contributed by atoms with Gasteiger partial charge in [-0.1, -0.05) is 18.2 Å². The zero-order chi connectivity index (χ0) is 19.9. The van der Waals surface area contributed by atoms with Crippen LogP contribution in [0.25, 0.3) is 28.2 Å². The van der Waals surface area contributed by atoms with E-state index in [4.69, 9.17) is 9.40 Å². The fourth-order valence-corrected chi connectivity index (χ4v) is 5.20. The highest BCUT2D eigenvalue weighted by Crippen LogP contribution is 2.34. The van der Waals surface area contributed by atoms with Gasteiger partial charge in [0, 0.05) is 41.8 Å². The summed E-state index contributed by atoms with van der Waals surface area (Å²) in [6, 6.07) is 12.1. The standard InChI is InChI=1S/C23H21N5OS/c1-2-5-20-17(4-1)12-21(29-20)19-15-30-22(26-19)16-6-10-27(11-7-16)13-18-14-28-9-3-8-24-23(28)25-18/h1-5,8-9,12,14-16H,6-7,10-11,13H2. The third kappa shape index (κ3) is 3.30. The molecule has 0 spiro atoms. The van der Waals surface area contributed by atoms with E-state index in [1.165, 1.54) is 5.01 Å². The van der Waals surface area contributed by atoms with Crippen molar-refractivity contribution in [3.8, 4) is 11.5 Å². The molecule has 0 saturated carbocycles. The summed E-state index contributed by atoms with van der Waals surface area (Å²) >= 11 is 1.76. The van der Waals surface area contributed by atoms with Crippen LogP contribution in [0.15, 0.2) is 64.8 Å². The Bertz CT molecular complexity index is 1250. The first kappa shape index (κ1) is 17.8. The van der Waals surface area contributed by atoms with Crippen molar-refractivity contribution in [1.82, 2.24) is 24.3 Å². The summed E-state index contributed by atoms with van der Waals surface area (Å²) in [6.45, 7) is 3.00. The van der Waals surface area contributed by atoms with E-state index in [1.54, 1.807) is 17.5 Å². The van der Waals surface area contributed by atoms with Crippen LogP contribution in [-0.2, 0) is 6.54 Å². The Morgan fingerprint density at radius 1 is 1.10 bits per heavy atom. The molecule has 0 N–H and O–H groups in total. The lowest BCUT2D eigenvalue weighted by Crippen LogP contribution is -2.32. The summed E-state index contributed by atoms with van der Waals surface area (Å²) in [5.74, 6) is 2.15. The van der Waals surface area contributed by atoms with Crippen molar-refractivity contribution in [2.75, 3.05) is 13.1 Å². The number of thiazole rings is 1. The smallest absolute Gasteiger partial charge is 0.233 e. The molecule has 150 valence electrons. The summed E-state index contributed by atoms with van der Waals surface area (Å²) in [4.78, 5) is 16.3. The number of hydrogen-bond donors (Lipinski definition) is 0. The number of benzene rings is 1. The fraction of sp³-hybridized carbons (Fsp3) is 0.261. The number of rotatable bonds is 4. The van der Waals surface area contributed by atoms with Gasteiger partial charge in [-0.2, -0.15) is 0 Å². The Hall–Kier alpha value is -3.03. The monoisotopic (exact) mass is 415 g/mol. The topological polar surface area (TPSA) is 59.5 Å². The fourth-order valence-electron chi connectivity index (χ4n) is 4.22. The number of hydrogen-bond acceptors (Lipinski definition) is 6. The lowest BCUT2D eigenvalue weighted by Gasteiger charge is -2.30. The summed E-state index contributed by atoms with van der Waals surface area (Å²) in [5.41, 5.74) is 2.94. The van der Waals surface area contributed by atoms with E-state index in [0.29, 0.717) is 5.92 Å². The van der Waals surface area contributed by atoms with E-state index in [-0.39, 0.29) is 0 Å². The quantitative estimate of drug-likeness (QED) is 0.414. The number of aromatic nitrogens is 4. The normalized spacial score (nSPS) is 16.0. The van der Waals surface area contributed by atoms with E-state index in [9.17, 15) is 0 Å². The third-order valence-corrected chi connectivity index (χ3v) is 6.81. The number of para-hydroxylation sites is 1. The highest BCUT2D eigenvalue weighted by molar-refractivity contribution is 7.10. The predicted octanol–water partition coefficient (Wildman–Crippen LogP) is 4.98. The van der Waals surface area contributed by atoms with Crippen LogP contribution in [0, 0.1) is 0 Å². The van der Waals surface area contributed by atoms with Gasteiger partial charge in [0.1, 0.15) is 11.3 Å². The van der Waals surface area contributed by atoms with Crippen LogP contribution in [0.1, 0.15) is 29.5 Å². The molecule has 4 aromatic heterocycles. The number of fused-ring (bicyclic) bond motifs is 2. The van der Waals surface area contributed by atoms with Crippen LogP contribution in [0.5, 0.6) is 0 Å². The molecule has 5 aromatic rings. The molecule has 1 aliphatic heterocycles. The molecule has 0 atom stereocenters. The largest absolute Gasteiger partial charge is 0.454 e. The highest BCUT2D eigenvalue weighted by Gasteiger charge is 2.24. The summed E-state index contributed by atoms with van der Waals surface area (Å²) in [7, 11) is 0. The van der Waals surface area contributed by atoms with Gasteiger partial charge in [-0.15, -0.1) is 11.3 Å². The van der Waals surface area contributed by atoms with Crippen molar-refractivity contribution in [3.05, 3.63) is 71.1 Å². The van der Waals surface area contributed by atoms with Gasteiger partial charge in [0.05, 0.1) is 10.7 Å². The maximum absolute atomic E-state index is 5.99. The number of imidazole rings is 1. The third-order valence-electron chi connectivity index (χ3n) is 5.81. The van der Waals surface area contributed by atoms with Gasteiger partial charge in [0.15, 0.2) is 5.76 Å². The van der Waals surface area contributed by atoms with Crippen LogP contribution < -0.4 is 0 Å². The number of nitrogens with zero attached hydrogens (tertiary/aromatic N) is 5. The maximum Gasteiger partial charge on any atom is 0.233 e. The average molecular weight is 416 g/mol. The van der Waals surface area contributed by atoms with Crippen LogP contribution >= 0.6 is 11.3 Å². The van der Waals surface area contributed by atoms with Gasteiger partial charge < -0.3 is 4.42 Å². The molecule has 0 bridgehead atoms. The van der Waals surface area contributed by atoms with Gasteiger partial charge in [0.25, 0.3) is 0 Å². The van der Waals surface area contributed by atoms with E-state index in [2.05, 4.69) is 38.6 Å². The molecule has 6 nitrogen and oxygen atoms in total. The molecule has 1 fully saturated rings. The maximum atomic E-state index is 5.99. The van der Waals surface area contributed by atoms with Gasteiger partial charge in [-0.3, -0.25) is 9.30 Å². The Labute approximate surface area is 177 Å². The summed E-state index contributed by atoms with van der Waals surface area (Å²) in [5, 5.41) is 4.47. The van der Waals surface area contributed by atoms with Crippen LogP contribution in [0.2, 0.25) is 0 Å². The molecule has 0 amide bonds. The molecule has 1 aliphatic rings. The van der Waals surface area contributed by atoms with Gasteiger partial charge >= 0.3 is 0 Å². The average Bonchev–Trinajstić information content (AvgIpc) is 3.51. The summed E-state index contributed by atoms with van der Waals surface area (Å²) < 4.78 is 7.97. The van der Waals surface area contributed by atoms with E-state index < -0.39 is 0 Å². The van der Waals surface area contributed by atoms with Crippen molar-refractivity contribution in [2.45, 2.75) is 25.3 Å². The molecular formula is C23H21N5OS. The van der Waals surface area contributed by atoms with E-state index in [1.807, 2.05) is 34.9 Å². The molecule has 5 heterocycles. The van der Waals surface area contributed by atoms with Gasteiger partial charge in [-0.25, -0.2) is 15.0 Å². The number of piperidine rings is 1. The lowest BCUT2D eigenvalue weighted by atomic mass is 9.97. The van der Waals surface area contributed by atoms with Gasteiger partial charge in [-0.05, 0) is 44.1 Å². The molecule has 1 aromatic carbocycles. The van der Waals surface area contributed by atoms with Crippen LogP contribution in [0.4, 0.5) is 0 Å². The first-order valence-corrected chi connectivity index (χ1v) is 11.2. The summed E-state index contributed by atoms with van der Waals surface area (Å²) in [6.07, 6.45) is 8.10. The molecule has 0 unspecified atom stereocenters. The van der Waals surface area contributed by atoms with E-state index >= 15 is 0 Å². The second-order valence-corrected chi connectivity index (χ2v) is 8.72. The molecule has 1 saturated heterocycles. The number of furan rings is 1. The van der Waals surface area contributed by atoms with Crippen LogP contribution in [-0.4, -0.2) is 37.3 Å². The van der Waals surface area contributed by atoms with Crippen molar-refractivity contribution < 1.29 is 4.42 Å². The van der Waals surface area contributed by atoms with Crippen molar-refractivity contribution in [1.29, 1.82) is 0 Å². The second-order valence-electron chi connectivity index (χ2n) is 7.83. The minimum absolute atomic E-state index is 0.520. The zero-order valence-electron chi connectivity index (χ0n) is 16.4. The SMILES string of the molecule is c1ccc2oc(-c3csc(C4CCN(Cc5cn6cccnc6n5)CC4)n3)cc2c1. The molecule has 30 heavy (non-hydrogen) atoms. The lowest BCUT2D eigenvalue weighted by molar-refractivity contribution is 0.202. The first-order chi connectivity index (χ1) is 14.8. The Kier molecular flexibility index (Phi) is 4.35. The zero-order valence-corrected chi connectivity index (χ0v) is 17.3.